The lowest BCUT2D eigenvalue weighted by molar-refractivity contribution is -0.136. The molecular weight excluding hydrogens is 418 g/mol. The van der Waals surface area contributed by atoms with Crippen molar-refractivity contribution in [1.82, 2.24) is 10.2 Å². The molecule has 2 amide bonds. The molecule has 0 heterocycles. The van der Waals surface area contributed by atoms with Crippen molar-refractivity contribution in [2.24, 2.45) is 17.2 Å². The highest BCUT2D eigenvalue weighted by atomic mass is 16.5. The lowest BCUT2D eigenvalue weighted by atomic mass is 10.2. The second-order valence-electron chi connectivity index (χ2n) is 6.75. The van der Waals surface area contributed by atoms with Crippen LogP contribution in [0.5, 0.6) is 0 Å². The monoisotopic (exact) mass is 455 g/mol. The molecule has 182 valence electrons. The summed E-state index contributed by atoms with van der Waals surface area (Å²) < 4.78 is 21.5. The van der Waals surface area contributed by atoms with E-state index >= 15 is 0 Å². The molecular formula is C21H37N5O6. The minimum absolute atomic E-state index is 0.0414. The minimum Gasteiger partial charge on any atom is -0.445 e. The summed E-state index contributed by atoms with van der Waals surface area (Å²) in [5.74, 6) is -0.341. The predicted molar refractivity (Wildman–Crippen MR) is 120 cm³/mol. The van der Waals surface area contributed by atoms with Crippen molar-refractivity contribution >= 4 is 12.0 Å². The molecule has 0 radical (unpaired) electrons. The zero-order chi connectivity index (χ0) is 23.4. The number of nitrogens with two attached hydrogens (primary N) is 3. The first-order valence-electron chi connectivity index (χ1n) is 10.7. The van der Waals surface area contributed by atoms with E-state index in [9.17, 15) is 9.59 Å². The summed E-state index contributed by atoms with van der Waals surface area (Å²) in [6, 6.07) is 8.29. The standard InChI is InChI=1S/C21H37N5O6/c22-6-11-29-14-9-26(10-15-30-12-7-23)20(27)19(17-31-13-8-24)25-21(28)32-16-18-4-2-1-3-5-18/h1-5,19H,6-17,22-24H2,(H,25,28)/t19-/m0/s1. The zero-order valence-corrected chi connectivity index (χ0v) is 18.6. The topological polar surface area (TPSA) is 164 Å². The molecule has 11 nitrogen and oxygen atoms in total. The Morgan fingerprint density at radius 2 is 1.41 bits per heavy atom. The van der Waals surface area contributed by atoms with E-state index in [4.69, 9.17) is 36.1 Å². The fourth-order valence-corrected chi connectivity index (χ4v) is 2.64. The lowest BCUT2D eigenvalue weighted by Gasteiger charge is -2.27. The smallest absolute Gasteiger partial charge is 0.408 e. The summed E-state index contributed by atoms with van der Waals surface area (Å²) in [5.41, 5.74) is 17.2. The Bertz CT molecular complexity index is 610. The van der Waals surface area contributed by atoms with Crippen LogP contribution in [0, 0.1) is 0 Å². The first-order valence-corrected chi connectivity index (χ1v) is 10.7. The van der Waals surface area contributed by atoms with Crippen LogP contribution in [0.15, 0.2) is 30.3 Å². The molecule has 0 aliphatic heterocycles. The number of rotatable bonds is 18. The zero-order valence-electron chi connectivity index (χ0n) is 18.6. The van der Waals surface area contributed by atoms with Crippen LogP contribution in [-0.2, 0) is 30.3 Å². The van der Waals surface area contributed by atoms with Crippen LogP contribution >= 0.6 is 0 Å². The highest BCUT2D eigenvalue weighted by molar-refractivity contribution is 5.85. The molecule has 0 fully saturated rings. The van der Waals surface area contributed by atoms with Gasteiger partial charge in [-0.3, -0.25) is 4.79 Å². The Labute approximate surface area is 189 Å². The predicted octanol–water partition coefficient (Wildman–Crippen LogP) is -0.964. The number of alkyl carbamates (subject to hydrolysis) is 1. The van der Waals surface area contributed by atoms with Gasteiger partial charge in [-0.2, -0.15) is 0 Å². The third kappa shape index (κ3) is 12.5. The molecule has 0 unspecified atom stereocenters. The molecule has 0 aliphatic carbocycles. The third-order valence-electron chi connectivity index (χ3n) is 4.20. The van der Waals surface area contributed by atoms with Gasteiger partial charge >= 0.3 is 6.09 Å². The second-order valence-corrected chi connectivity index (χ2v) is 6.75. The number of carbonyl (C=O) groups is 2. The summed E-state index contributed by atoms with van der Waals surface area (Å²) >= 11 is 0. The molecule has 7 N–H and O–H groups in total. The Morgan fingerprint density at radius 1 is 0.844 bits per heavy atom. The Balaban J connectivity index is 2.72. The Morgan fingerprint density at radius 3 is 1.97 bits per heavy atom. The van der Waals surface area contributed by atoms with Crippen LogP contribution in [0.25, 0.3) is 0 Å². The van der Waals surface area contributed by atoms with Crippen LogP contribution in [0.3, 0.4) is 0 Å². The van der Waals surface area contributed by atoms with Gasteiger partial charge in [-0.05, 0) is 5.56 Å². The molecule has 0 bridgehead atoms. The molecule has 0 aromatic heterocycles. The quantitative estimate of drug-likeness (QED) is 0.204. The van der Waals surface area contributed by atoms with Crippen molar-refractivity contribution in [2.45, 2.75) is 12.6 Å². The van der Waals surface area contributed by atoms with E-state index in [0.717, 1.165) is 5.56 Å². The van der Waals surface area contributed by atoms with Crippen molar-refractivity contribution in [2.75, 3.05) is 72.4 Å². The average Bonchev–Trinajstić information content (AvgIpc) is 2.81. The molecule has 0 aliphatic rings. The molecule has 0 spiro atoms. The van der Waals surface area contributed by atoms with Gasteiger partial charge < -0.3 is 46.4 Å². The summed E-state index contributed by atoms with van der Waals surface area (Å²) in [5, 5.41) is 2.59. The van der Waals surface area contributed by atoms with Gasteiger partial charge in [0, 0.05) is 32.7 Å². The normalized spacial score (nSPS) is 11.7. The molecule has 11 heteroatoms. The highest BCUT2D eigenvalue weighted by Gasteiger charge is 2.27. The fourth-order valence-electron chi connectivity index (χ4n) is 2.64. The van der Waals surface area contributed by atoms with Crippen LogP contribution in [0.1, 0.15) is 5.56 Å². The maximum atomic E-state index is 13.2. The average molecular weight is 456 g/mol. The van der Waals surface area contributed by atoms with Crippen LogP contribution in [-0.4, -0.2) is 95.3 Å². The highest BCUT2D eigenvalue weighted by Crippen LogP contribution is 2.03. The Hall–Kier alpha value is -2.28. The number of benzene rings is 1. The molecule has 1 aromatic rings. The summed E-state index contributed by atoms with van der Waals surface area (Å²) in [4.78, 5) is 27.0. The van der Waals surface area contributed by atoms with Crippen molar-refractivity contribution in [3.63, 3.8) is 0 Å². The van der Waals surface area contributed by atoms with E-state index in [1.54, 1.807) is 4.90 Å². The molecule has 0 saturated carbocycles. The molecule has 32 heavy (non-hydrogen) atoms. The van der Waals surface area contributed by atoms with E-state index in [1.165, 1.54) is 0 Å². The Kier molecular flexibility index (Phi) is 15.9. The number of nitrogens with zero attached hydrogens (tertiary/aromatic N) is 1. The first kappa shape index (κ1) is 27.8. The number of hydrogen-bond acceptors (Lipinski definition) is 9. The van der Waals surface area contributed by atoms with Gasteiger partial charge in [-0.15, -0.1) is 0 Å². The lowest BCUT2D eigenvalue weighted by Crippen LogP contribution is -2.52. The van der Waals surface area contributed by atoms with E-state index in [0.29, 0.717) is 59.2 Å². The van der Waals surface area contributed by atoms with Gasteiger partial charge in [0.2, 0.25) is 5.91 Å². The second kappa shape index (κ2) is 18.3. The van der Waals surface area contributed by atoms with Gasteiger partial charge in [-0.1, -0.05) is 30.3 Å². The first-order chi connectivity index (χ1) is 15.6. The van der Waals surface area contributed by atoms with E-state index in [-0.39, 0.29) is 25.7 Å². The number of amides is 2. The number of ether oxygens (including phenoxy) is 4. The van der Waals surface area contributed by atoms with Gasteiger partial charge in [0.05, 0.1) is 39.6 Å². The van der Waals surface area contributed by atoms with Crippen molar-refractivity contribution in [3.8, 4) is 0 Å². The van der Waals surface area contributed by atoms with E-state index in [2.05, 4.69) is 5.32 Å². The van der Waals surface area contributed by atoms with Crippen LogP contribution in [0.4, 0.5) is 4.79 Å². The van der Waals surface area contributed by atoms with E-state index < -0.39 is 12.1 Å². The van der Waals surface area contributed by atoms with Gasteiger partial charge in [0.25, 0.3) is 0 Å². The number of nitrogens with one attached hydrogen (secondary N) is 1. The maximum absolute atomic E-state index is 13.2. The number of carbonyl (C=O) groups excluding carboxylic acids is 2. The third-order valence-corrected chi connectivity index (χ3v) is 4.20. The van der Waals surface area contributed by atoms with Gasteiger partial charge in [0.1, 0.15) is 12.6 Å². The molecule has 1 aromatic carbocycles. The van der Waals surface area contributed by atoms with Gasteiger partial charge in [0.15, 0.2) is 0 Å². The minimum atomic E-state index is -0.950. The summed E-state index contributed by atoms with van der Waals surface area (Å²) in [6.45, 7) is 3.35. The maximum Gasteiger partial charge on any atom is 0.408 e. The molecule has 0 saturated heterocycles. The summed E-state index contributed by atoms with van der Waals surface area (Å²) in [7, 11) is 0. The molecule has 1 rings (SSSR count). The van der Waals surface area contributed by atoms with E-state index in [1.807, 2.05) is 30.3 Å². The fraction of sp³-hybridized carbons (Fsp3) is 0.619. The van der Waals surface area contributed by atoms with Crippen LogP contribution < -0.4 is 22.5 Å². The summed E-state index contributed by atoms with van der Waals surface area (Å²) in [6.07, 6.45) is -0.720. The number of hydrogen-bond donors (Lipinski definition) is 4. The van der Waals surface area contributed by atoms with Gasteiger partial charge in [-0.25, -0.2) is 4.79 Å². The molecule has 1 atom stereocenters. The van der Waals surface area contributed by atoms with Crippen LogP contribution in [0.2, 0.25) is 0 Å². The largest absolute Gasteiger partial charge is 0.445 e. The van der Waals surface area contributed by atoms with Crippen molar-refractivity contribution in [1.29, 1.82) is 0 Å². The van der Waals surface area contributed by atoms with Crippen molar-refractivity contribution in [3.05, 3.63) is 35.9 Å². The van der Waals surface area contributed by atoms with Crippen molar-refractivity contribution < 1.29 is 28.5 Å². The SMILES string of the molecule is NCCOCCN(CCOCCN)C(=O)[C@H](COCCN)NC(=O)OCc1ccccc1.